The lowest BCUT2D eigenvalue weighted by Gasteiger charge is -2.28. The van der Waals surface area contributed by atoms with Crippen LogP contribution < -0.4 is 10.6 Å². The van der Waals surface area contributed by atoms with Crippen LogP contribution in [0.15, 0.2) is 91.1 Å². The Morgan fingerprint density at radius 2 is 1.67 bits per heavy atom. The van der Waals surface area contributed by atoms with Crippen molar-refractivity contribution in [1.29, 1.82) is 0 Å². The van der Waals surface area contributed by atoms with E-state index < -0.39 is 29.9 Å². The van der Waals surface area contributed by atoms with Crippen molar-refractivity contribution in [1.82, 2.24) is 35.1 Å². The Kier molecular flexibility index (Phi) is 7.38. The van der Waals surface area contributed by atoms with Gasteiger partial charge in [-0.1, -0.05) is 60.7 Å². The highest BCUT2D eigenvalue weighted by atomic mass is 19.3. The third kappa shape index (κ3) is 5.13. The third-order valence-electron chi connectivity index (χ3n) is 12.3. The van der Waals surface area contributed by atoms with E-state index in [-0.39, 0.29) is 29.2 Å². The van der Waals surface area contributed by atoms with Crippen molar-refractivity contribution < 1.29 is 32.6 Å². The van der Waals surface area contributed by atoms with Crippen molar-refractivity contribution in [3.05, 3.63) is 119 Å². The van der Waals surface area contributed by atoms with Gasteiger partial charge in [-0.2, -0.15) is 8.78 Å². The first-order valence-corrected chi connectivity index (χ1v) is 19.2. The minimum absolute atomic E-state index is 0.00890. The Morgan fingerprint density at radius 3 is 2.40 bits per heavy atom. The molecular weight excluding hydrogens is 733 g/mol. The van der Waals surface area contributed by atoms with Gasteiger partial charge >= 0.3 is 6.09 Å². The fourth-order valence-electron chi connectivity index (χ4n) is 9.47. The van der Waals surface area contributed by atoms with Gasteiger partial charge in [-0.25, -0.2) is 14.8 Å². The zero-order chi connectivity index (χ0) is 38.7. The first kappa shape index (κ1) is 34.3. The number of fused-ring (bicyclic) bond motifs is 7. The highest BCUT2D eigenvalue weighted by molar-refractivity contribution is 5.89. The van der Waals surface area contributed by atoms with Crippen molar-refractivity contribution in [2.75, 3.05) is 33.4 Å². The summed E-state index contributed by atoms with van der Waals surface area (Å²) in [5, 5.41) is 6.22. The van der Waals surface area contributed by atoms with Gasteiger partial charge < -0.3 is 29.4 Å². The van der Waals surface area contributed by atoms with E-state index >= 15 is 8.78 Å². The molecule has 57 heavy (non-hydrogen) atoms. The highest BCUT2D eigenvalue weighted by Gasteiger charge is 2.56. The Bertz CT molecular complexity index is 2630. The SMILES string of the molecule is COC(=O)NC(C(=O)N1CC2(CC1c1nc3ccc(-c4ccc5c(c4)C(F)(F)c4cc(-c6cnc7n6C76CCCN6)ccc4-5)cc3[nH]1)OCCO2)c1ccccc1. The molecule has 0 saturated carbocycles. The summed E-state index contributed by atoms with van der Waals surface area (Å²) in [7, 11) is 1.25. The van der Waals surface area contributed by atoms with Crippen molar-refractivity contribution in [3.8, 4) is 33.5 Å². The van der Waals surface area contributed by atoms with Crippen LogP contribution in [-0.4, -0.2) is 75.6 Å². The molecule has 3 fully saturated rings. The van der Waals surface area contributed by atoms with E-state index in [1.807, 2.05) is 36.4 Å². The molecule has 2 amide bonds. The van der Waals surface area contributed by atoms with Gasteiger partial charge in [-0.15, -0.1) is 0 Å². The van der Waals surface area contributed by atoms with Crippen LogP contribution in [0.5, 0.6) is 0 Å². The number of carbonyl (C=O) groups excluding carboxylic acids is 2. The van der Waals surface area contributed by atoms with E-state index in [2.05, 4.69) is 25.2 Å². The minimum atomic E-state index is -3.20. The Hall–Kier alpha value is -5.96. The number of nitrogens with one attached hydrogen (secondary N) is 3. The van der Waals surface area contributed by atoms with E-state index in [1.165, 1.54) is 7.11 Å². The predicted molar refractivity (Wildman–Crippen MR) is 204 cm³/mol. The molecule has 3 saturated heterocycles. The molecule has 14 heteroatoms. The maximum Gasteiger partial charge on any atom is 0.407 e. The molecular formula is C43H37F2N7O5. The van der Waals surface area contributed by atoms with Gasteiger partial charge in [0, 0.05) is 23.1 Å². The van der Waals surface area contributed by atoms with Crippen LogP contribution in [0.3, 0.4) is 0 Å². The second-order valence-electron chi connectivity index (χ2n) is 15.4. The molecule has 2 spiro atoms. The van der Waals surface area contributed by atoms with Crippen LogP contribution >= 0.6 is 0 Å². The summed E-state index contributed by atoms with van der Waals surface area (Å²) in [5.41, 5.74) is 5.59. The van der Waals surface area contributed by atoms with Crippen LogP contribution in [0.4, 0.5) is 13.6 Å². The number of alkyl halides is 2. The molecule has 11 rings (SSSR count). The number of H-pyrrole nitrogens is 1. The minimum Gasteiger partial charge on any atom is -0.453 e. The Morgan fingerprint density at radius 1 is 0.947 bits per heavy atom. The average molecular weight is 770 g/mol. The number of methoxy groups -OCH3 is 1. The third-order valence-corrected chi connectivity index (χ3v) is 12.3. The molecule has 4 aromatic carbocycles. The van der Waals surface area contributed by atoms with E-state index in [1.54, 1.807) is 59.6 Å². The zero-order valence-electron chi connectivity index (χ0n) is 30.9. The van der Waals surface area contributed by atoms with E-state index in [9.17, 15) is 9.59 Å². The van der Waals surface area contributed by atoms with Gasteiger partial charge in [0.2, 0.25) is 0 Å². The smallest absolute Gasteiger partial charge is 0.407 e. The lowest BCUT2D eigenvalue weighted by atomic mass is 9.98. The molecule has 3 N–H and O–H groups in total. The van der Waals surface area contributed by atoms with Gasteiger partial charge in [0.05, 0.1) is 55.8 Å². The van der Waals surface area contributed by atoms with Gasteiger partial charge in [-0.05, 0) is 71.5 Å². The number of rotatable bonds is 6. The number of benzene rings is 4. The van der Waals surface area contributed by atoms with Crippen LogP contribution in [0.25, 0.3) is 44.5 Å². The average Bonchev–Trinajstić information content (AvgIpc) is 4.01. The van der Waals surface area contributed by atoms with Crippen molar-refractivity contribution in [2.45, 2.75) is 48.7 Å². The summed E-state index contributed by atoms with van der Waals surface area (Å²) >= 11 is 0. The maximum absolute atomic E-state index is 16.4. The number of aromatic nitrogens is 4. The second kappa shape index (κ2) is 12.3. The number of alkyl carbamates (subject to hydrolysis) is 1. The molecule has 6 aromatic rings. The van der Waals surface area contributed by atoms with Gasteiger partial charge in [-0.3, -0.25) is 14.7 Å². The lowest BCUT2D eigenvalue weighted by Crippen LogP contribution is -2.44. The molecule has 0 radical (unpaired) electrons. The number of carbonyl (C=O) groups is 2. The molecule has 6 heterocycles. The predicted octanol–water partition coefficient (Wildman–Crippen LogP) is 6.73. The molecule has 4 aliphatic heterocycles. The lowest BCUT2D eigenvalue weighted by molar-refractivity contribution is -0.153. The molecule has 3 unspecified atom stereocenters. The maximum atomic E-state index is 16.4. The number of nitrogens with zero attached hydrogens (tertiary/aromatic N) is 4. The van der Waals surface area contributed by atoms with E-state index in [0.717, 1.165) is 42.0 Å². The summed E-state index contributed by atoms with van der Waals surface area (Å²) in [6.07, 6.45) is 3.35. The first-order chi connectivity index (χ1) is 27.7. The Labute approximate surface area is 325 Å². The van der Waals surface area contributed by atoms with E-state index in [4.69, 9.17) is 19.2 Å². The largest absolute Gasteiger partial charge is 0.453 e. The molecule has 5 aliphatic rings. The normalized spacial score (nSPS) is 22.5. The van der Waals surface area contributed by atoms with Crippen molar-refractivity contribution >= 4 is 23.0 Å². The van der Waals surface area contributed by atoms with Crippen LogP contribution in [0, 0.1) is 0 Å². The van der Waals surface area contributed by atoms with Crippen molar-refractivity contribution in [2.24, 2.45) is 0 Å². The second-order valence-corrected chi connectivity index (χ2v) is 15.4. The van der Waals surface area contributed by atoms with Crippen LogP contribution in [-0.2, 0) is 30.6 Å². The summed E-state index contributed by atoms with van der Waals surface area (Å²) in [5.74, 6) is -3.13. The fraction of sp³-hybridized carbons (Fsp3) is 0.302. The number of hydrogen-bond donors (Lipinski definition) is 3. The molecule has 0 bridgehead atoms. The molecule has 3 atom stereocenters. The number of imidazole rings is 2. The van der Waals surface area contributed by atoms with Gasteiger partial charge in [0.15, 0.2) is 17.3 Å². The van der Waals surface area contributed by atoms with Crippen LogP contribution in [0.1, 0.15) is 59.7 Å². The summed E-state index contributed by atoms with van der Waals surface area (Å²) in [4.78, 5) is 41.3. The number of halogens is 2. The van der Waals surface area contributed by atoms with Gasteiger partial charge in [0.25, 0.3) is 11.8 Å². The fourth-order valence-corrected chi connectivity index (χ4v) is 9.47. The van der Waals surface area contributed by atoms with E-state index in [0.29, 0.717) is 58.7 Å². The van der Waals surface area contributed by atoms with Crippen molar-refractivity contribution in [3.63, 3.8) is 0 Å². The molecule has 1 aliphatic carbocycles. The number of likely N-dealkylation sites (tertiary alicyclic amines) is 1. The Balaban J connectivity index is 0.902. The number of hydrogen-bond acceptors (Lipinski definition) is 8. The summed E-state index contributed by atoms with van der Waals surface area (Å²) in [6, 6.07) is 23.5. The standard InChI is InChI=1S/C43H37F2N7O5/c1-55-40(54)50-36(24-6-3-2-4-7-24)38(53)51-23-41(56-16-17-57-41)21-34(51)37-48-32-13-10-26(20-33(32)49-37)25-8-11-28-29-12-9-27(19-31(29)43(44,45)30(28)18-25)35-22-46-39-42(52(35)39)14-5-15-47-42/h2-4,6-13,18-20,22,34,36,47H,5,14-17,21,23H2,1H3,(H,48,49)(H,50,54). The number of ether oxygens (including phenoxy) is 3. The summed E-state index contributed by atoms with van der Waals surface area (Å²) in [6.45, 7) is 1.81. The number of amides is 2. The highest BCUT2D eigenvalue weighted by Crippen LogP contribution is 2.54. The quantitative estimate of drug-likeness (QED) is 0.170. The zero-order valence-corrected chi connectivity index (χ0v) is 30.9. The molecule has 288 valence electrons. The monoisotopic (exact) mass is 769 g/mol. The topological polar surface area (TPSA) is 136 Å². The van der Waals surface area contributed by atoms with Crippen LogP contribution in [0.2, 0.25) is 0 Å². The number of aromatic amines is 1. The van der Waals surface area contributed by atoms with Gasteiger partial charge in [0.1, 0.15) is 11.9 Å². The molecule has 2 aromatic heterocycles. The first-order valence-electron chi connectivity index (χ1n) is 19.2. The summed E-state index contributed by atoms with van der Waals surface area (Å²) < 4.78 is 52.0. The molecule has 12 nitrogen and oxygen atoms in total.